The Kier molecular flexibility index (Phi) is 5.71. The molecule has 130 valence electrons. The fraction of sp³-hybridized carbons (Fsp3) is 0.375. The van der Waals surface area contributed by atoms with E-state index in [9.17, 15) is 13.6 Å². The van der Waals surface area contributed by atoms with E-state index >= 15 is 0 Å². The van der Waals surface area contributed by atoms with Crippen LogP contribution in [0.4, 0.5) is 8.78 Å². The Balaban J connectivity index is 2.60. The molecule has 0 fully saturated rings. The molecule has 24 heavy (non-hydrogen) atoms. The summed E-state index contributed by atoms with van der Waals surface area (Å²) < 4.78 is 34.8. The van der Waals surface area contributed by atoms with Gasteiger partial charge in [0.25, 0.3) is 0 Å². The first kappa shape index (κ1) is 18.1. The van der Waals surface area contributed by atoms with Crippen LogP contribution in [0.3, 0.4) is 0 Å². The Hall–Kier alpha value is -2.22. The molecule has 0 saturated heterocycles. The molecule has 0 unspecified atom stereocenters. The molecule has 1 atom stereocenters. The maximum atomic E-state index is 12.7. The zero-order valence-corrected chi connectivity index (χ0v) is 14.2. The molecule has 5 nitrogen and oxygen atoms in total. The molecule has 1 aromatic rings. The van der Waals surface area contributed by atoms with E-state index in [4.69, 9.17) is 17.0 Å². The van der Waals surface area contributed by atoms with Crippen molar-refractivity contribution in [3.63, 3.8) is 0 Å². The topological polar surface area (TPSA) is 59.6 Å². The summed E-state index contributed by atoms with van der Waals surface area (Å²) in [7, 11) is 1.26. The maximum absolute atomic E-state index is 12.7. The van der Waals surface area contributed by atoms with Gasteiger partial charge in [-0.15, -0.1) is 0 Å². The highest BCUT2D eigenvalue weighted by atomic mass is 32.1. The summed E-state index contributed by atoms with van der Waals surface area (Å²) in [6.07, 6.45) is 0. The summed E-state index contributed by atoms with van der Waals surface area (Å²) in [6, 6.07) is 5.51. The standard InChI is InChI=1S/C16H18F2N2O3S/c1-8(2)12-11(14(21)22-3)13(20-16(24)19-12)9-6-4-5-7-10(9)23-15(17)18/h4-8,13,15H,1-3H3,(H2,19,20,24)/t13-/m0/s1. The third-order valence-electron chi connectivity index (χ3n) is 3.53. The molecule has 1 aromatic carbocycles. The molecule has 1 aliphatic rings. The number of methoxy groups -OCH3 is 1. The Morgan fingerprint density at radius 1 is 1.29 bits per heavy atom. The number of allylic oxidation sites excluding steroid dienone is 1. The van der Waals surface area contributed by atoms with Crippen molar-refractivity contribution in [3.8, 4) is 5.75 Å². The van der Waals surface area contributed by atoms with Gasteiger partial charge < -0.3 is 20.1 Å². The van der Waals surface area contributed by atoms with E-state index in [2.05, 4.69) is 15.4 Å². The molecule has 0 amide bonds. The van der Waals surface area contributed by atoms with Crippen molar-refractivity contribution in [2.75, 3.05) is 7.11 Å². The van der Waals surface area contributed by atoms with Crippen LogP contribution in [0, 0.1) is 5.92 Å². The van der Waals surface area contributed by atoms with Gasteiger partial charge in [0.1, 0.15) is 5.75 Å². The quantitative estimate of drug-likeness (QED) is 0.625. The number of rotatable bonds is 5. The summed E-state index contributed by atoms with van der Waals surface area (Å²) in [5.74, 6) is -0.651. The predicted molar refractivity (Wildman–Crippen MR) is 88.6 cm³/mol. The summed E-state index contributed by atoms with van der Waals surface area (Å²) in [4.78, 5) is 12.3. The lowest BCUT2D eigenvalue weighted by Gasteiger charge is -2.33. The summed E-state index contributed by atoms with van der Waals surface area (Å²) >= 11 is 5.19. The van der Waals surface area contributed by atoms with Crippen molar-refractivity contribution in [1.82, 2.24) is 10.6 Å². The molecule has 8 heteroatoms. The van der Waals surface area contributed by atoms with Crippen molar-refractivity contribution in [2.45, 2.75) is 26.5 Å². The van der Waals surface area contributed by atoms with Gasteiger partial charge in [-0.25, -0.2) is 4.79 Å². The molecule has 0 spiro atoms. The molecular weight excluding hydrogens is 338 g/mol. The number of hydrogen-bond acceptors (Lipinski definition) is 4. The van der Waals surface area contributed by atoms with Crippen LogP contribution in [0.15, 0.2) is 35.5 Å². The lowest BCUT2D eigenvalue weighted by molar-refractivity contribution is -0.136. The molecule has 0 radical (unpaired) electrons. The molecule has 0 saturated carbocycles. The van der Waals surface area contributed by atoms with Crippen LogP contribution in [0.25, 0.3) is 0 Å². The van der Waals surface area contributed by atoms with Crippen LogP contribution in [-0.2, 0) is 9.53 Å². The summed E-state index contributed by atoms with van der Waals surface area (Å²) in [5.41, 5.74) is 1.24. The van der Waals surface area contributed by atoms with Crippen LogP contribution in [0.2, 0.25) is 0 Å². The van der Waals surface area contributed by atoms with E-state index in [0.717, 1.165) is 0 Å². The molecule has 1 aliphatic heterocycles. The smallest absolute Gasteiger partial charge is 0.387 e. The summed E-state index contributed by atoms with van der Waals surface area (Å²) in [5, 5.41) is 6.18. The van der Waals surface area contributed by atoms with Crippen LogP contribution < -0.4 is 15.4 Å². The van der Waals surface area contributed by atoms with Gasteiger partial charge in [0.15, 0.2) is 5.11 Å². The van der Waals surface area contributed by atoms with Gasteiger partial charge in [0.05, 0.1) is 18.7 Å². The van der Waals surface area contributed by atoms with Gasteiger partial charge >= 0.3 is 12.6 Å². The molecule has 0 aliphatic carbocycles. The SMILES string of the molecule is COC(=O)C1=C(C(C)C)NC(=S)N[C@H]1c1ccccc1OC(F)F. The third-order valence-corrected chi connectivity index (χ3v) is 3.75. The average molecular weight is 356 g/mol. The first-order valence-corrected chi connectivity index (χ1v) is 7.69. The number of carbonyl (C=O) groups is 1. The minimum absolute atomic E-state index is 0.0285. The number of alkyl halides is 2. The molecular formula is C16H18F2N2O3S. The predicted octanol–water partition coefficient (Wildman–Crippen LogP) is 2.89. The van der Waals surface area contributed by atoms with Crippen molar-refractivity contribution >= 4 is 23.3 Å². The van der Waals surface area contributed by atoms with Crippen molar-refractivity contribution in [3.05, 3.63) is 41.1 Å². The lowest BCUT2D eigenvalue weighted by atomic mass is 9.91. The number of nitrogens with one attached hydrogen (secondary N) is 2. The number of hydrogen-bond donors (Lipinski definition) is 2. The number of thiocarbonyl (C=S) groups is 1. The largest absolute Gasteiger partial charge is 0.466 e. The van der Waals surface area contributed by atoms with Crippen molar-refractivity contribution < 1.29 is 23.0 Å². The minimum Gasteiger partial charge on any atom is -0.466 e. The normalized spacial score (nSPS) is 17.6. The van der Waals surface area contributed by atoms with E-state index in [1.807, 2.05) is 13.8 Å². The Labute approximate surface area is 144 Å². The molecule has 0 aromatic heterocycles. The fourth-order valence-electron chi connectivity index (χ4n) is 2.53. The second-order valence-corrected chi connectivity index (χ2v) is 5.83. The van der Waals surface area contributed by atoms with E-state index in [1.165, 1.54) is 13.2 Å². The number of benzene rings is 1. The van der Waals surface area contributed by atoms with E-state index in [-0.39, 0.29) is 17.2 Å². The second-order valence-electron chi connectivity index (χ2n) is 5.42. The van der Waals surface area contributed by atoms with Gasteiger partial charge in [-0.2, -0.15) is 8.78 Å². The van der Waals surface area contributed by atoms with Gasteiger partial charge in [-0.1, -0.05) is 32.0 Å². The molecule has 2 rings (SSSR count). The highest BCUT2D eigenvalue weighted by Gasteiger charge is 2.34. The van der Waals surface area contributed by atoms with Gasteiger partial charge in [0, 0.05) is 11.3 Å². The number of para-hydroxylation sites is 1. The fourth-order valence-corrected chi connectivity index (χ4v) is 2.76. The molecule has 0 bridgehead atoms. The Bertz CT molecular complexity index is 677. The van der Waals surface area contributed by atoms with Gasteiger partial charge in [0.2, 0.25) is 0 Å². The first-order valence-electron chi connectivity index (χ1n) is 7.28. The first-order chi connectivity index (χ1) is 11.3. The third kappa shape index (κ3) is 3.81. The van der Waals surface area contributed by atoms with Gasteiger partial charge in [-0.05, 0) is 24.2 Å². The van der Waals surface area contributed by atoms with Crippen molar-refractivity contribution in [1.29, 1.82) is 0 Å². The highest BCUT2D eigenvalue weighted by molar-refractivity contribution is 7.80. The maximum Gasteiger partial charge on any atom is 0.387 e. The number of carbonyl (C=O) groups excluding carboxylic acids is 1. The highest BCUT2D eigenvalue weighted by Crippen LogP contribution is 2.35. The minimum atomic E-state index is -2.98. The molecule has 1 heterocycles. The zero-order chi connectivity index (χ0) is 17.9. The van der Waals surface area contributed by atoms with E-state index in [1.54, 1.807) is 18.2 Å². The van der Waals surface area contributed by atoms with Crippen LogP contribution in [0.5, 0.6) is 5.75 Å². The van der Waals surface area contributed by atoms with Crippen LogP contribution >= 0.6 is 12.2 Å². The average Bonchev–Trinajstić information content (AvgIpc) is 2.53. The second kappa shape index (κ2) is 7.57. The van der Waals surface area contributed by atoms with Crippen molar-refractivity contribution in [2.24, 2.45) is 5.92 Å². The zero-order valence-electron chi connectivity index (χ0n) is 13.4. The van der Waals surface area contributed by atoms with Crippen LogP contribution in [0.1, 0.15) is 25.5 Å². The summed E-state index contributed by atoms with van der Waals surface area (Å²) in [6.45, 7) is 0.797. The Morgan fingerprint density at radius 3 is 2.54 bits per heavy atom. The van der Waals surface area contributed by atoms with Gasteiger partial charge in [-0.3, -0.25) is 0 Å². The van der Waals surface area contributed by atoms with E-state index < -0.39 is 18.6 Å². The number of ether oxygens (including phenoxy) is 2. The lowest BCUT2D eigenvalue weighted by Crippen LogP contribution is -2.47. The molecule has 2 N–H and O–H groups in total. The Morgan fingerprint density at radius 2 is 1.96 bits per heavy atom. The number of halogens is 2. The van der Waals surface area contributed by atoms with E-state index in [0.29, 0.717) is 16.4 Å². The number of esters is 1. The monoisotopic (exact) mass is 356 g/mol. The van der Waals surface area contributed by atoms with Crippen LogP contribution in [-0.4, -0.2) is 24.8 Å².